The molecule has 0 saturated heterocycles. The Bertz CT molecular complexity index is 682. The quantitative estimate of drug-likeness (QED) is 0.606. The zero-order chi connectivity index (χ0) is 16.2. The first kappa shape index (κ1) is 16.0. The number of hydrogen-bond acceptors (Lipinski definition) is 7. The van der Waals surface area contributed by atoms with Crippen molar-refractivity contribution in [1.29, 1.82) is 0 Å². The van der Waals surface area contributed by atoms with E-state index in [2.05, 4.69) is 15.5 Å². The molecule has 0 radical (unpaired) electrons. The van der Waals surface area contributed by atoms with Crippen LogP contribution in [-0.2, 0) is 16.1 Å². The summed E-state index contributed by atoms with van der Waals surface area (Å²) >= 11 is 2.65. The van der Waals surface area contributed by atoms with E-state index in [1.165, 1.54) is 30.0 Å². The van der Waals surface area contributed by atoms with Gasteiger partial charge in [-0.3, -0.25) is 14.5 Å². The van der Waals surface area contributed by atoms with E-state index in [4.69, 9.17) is 4.42 Å². The van der Waals surface area contributed by atoms with Crippen molar-refractivity contribution in [1.82, 2.24) is 15.5 Å². The van der Waals surface area contributed by atoms with Gasteiger partial charge in [-0.1, -0.05) is 23.1 Å². The molecular weight excluding hydrogens is 336 g/mol. The van der Waals surface area contributed by atoms with Gasteiger partial charge < -0.3 is 9.73 Å². The minimum absolute atomic E-state index is 0.0172. The molecule has 1 N–H and O–H groups in total. The van der Waals surface area contributed by atoms with Crippen LogP contribution in [0.2, 0.25) is 0 Å². The van der Waals surface area contributed by atoms with Crippen LogP contribution < -0.4 is 10.2 Å². The van der Waals surface area contributed by atoms with Gasteiger partial charge >= 0.3 is 0 Å². The Labute approximate surface area is 141 Å². The molecule has 2 aromatic heterocycles. The first-order valence-electron chi connectivity index (χ1n) is 7.18. The van der Waals surface area contributed by atoms with Gasteiger partial charge in [0.1, 0.15) is 5.76 Å². The zero-order valence-electron chi connectivity index (χ0n) is 12.5. The van der Waals surface area contributed by atoms with Gasteiger partial charge in [0.2, 0.25) is 16.9 Å². The molecule has 1 aliphatic rings. The summed E-state index contributed by atoms with van der Waals surface area (Å²) in [5.74, 6) is 0.840. The van der Waals surface area contributed by atoms with Crippen LogP contribution in [0.25, 0.3) is 0 Å². The Morgan fingerprint density at radius 3 is 2.96 bits per heavy atom. The van der Waals surface area contributed by atoms with Crippen molar-refractivity contribution < 1.29 is 14.0 Å². The van der Waals surface area contributed by atoms with E-state index >= 15 is 0 Å². The Morgan fingerprint density at radius 2 is 2.30 bits per heavy atom. The highest BCUT2D eigenvalue weighted by Crippen LogP contribution is 2.35. The van der Waals surface area contributed by atoms with Crippen molar-refractivity contribution in [2.75, 3.05) is 10.7 Å². The lowest BCUT2D eigenvalue weighted by atomic mass is 10.4. The van der Waals surface area contributed by atoms with Crippen LogP contribution in [0.3, 0.4) is 0 Å². The molecule has 2 aromatic rings. The third-order valence-electron chi connectivity index (χ3n) is 3.22. The smallest absolute Gasteiger partial charge is 0.230 e. The molecule has 7 nitrogen and oxygen atoms in total. The topological polar surface area (TPSA) is 88.3 Å². The summed E-state index contributed by atoms with van der Waals surface area (Å²) in [4.78, 5) is 25.2. The first-order chi connectivity index (χ1) is 11.1. The van der Waals surface area contributed by atoms with E-state index in [-0.39, 0.29) is 23.6 Å². The standard InChI is InChI=1S/C14H16N4O3S2/c1-9(19)18(10-4-5-10)13-16-17-14(23-13)22-8-12(20)15-7-11-3-2-6-21-11/h2-3,6,10H,4-5,7-8H2,1H3,(H,15,20). The molecule has 122 valence electrons. The van der Waals surface area contributed by atoms with Crippen LogP contribution in [-0.4, -0.2) is 33.8 Å². The van der Waals surface area contributed by atoms with Crippen molar-refractivity contribution >= 4 is 40.0 Å². The maximum Gasteiger partial charge on any atom is 0.230 e. The number of furan rings is 1. The van der Waals surface area contributed by atoms with Gasteiger partial charge in [0.05, 0.1) is 18.6 Å². The summed E-state index contributed by atoms with van der Waals surface area (Å²) in [7, 11) is 0. The van der Waals surface area contributed by atoms with Gasteiger partial charge in [-0.05, 0) is 25.0 Å². The Morgan fingerprint density at radius 1 is 1.48 bits per heavy atom. The van der Waals surface area contributed by atoms with Crippen LogP contribution in [0, 0.1) is 0 Å². The molecule has 2 amide bonds. The fourth-order valence-corrected chi connectivity index (χ4v) is 3.80. The molecule has 9 heteroatoms. The lowest BCUT2D eigenvalue weighted by molar-refractivity contribution is -0.119. The van der Waals surface area contributed by atoms with E-state index in [9.17, 15) is 9.59 Å². The summed E-state index contributed by atoms with van der Waals surface area (Å²) in [5.41, 5.74) is 0. The second-order valence-corrected chi connectivity index (χ2v) is 7.29. The molecule has 0 atom stereocenters. The molecule has 0 spiro atoms. The summed E-state index contributed by atoms with van der Waals surface area (Å²) in [6.45, 7) is 1.90. The van der Waals surface area contributed by atoms with Crippen LogP contribution in [0.15, 0.2) is 27.2 Å². The number of carbonyl (C=O) groups is 2. The third-order valence-corrected chi connectivity index (χ3v) is 5.28. The highest BCUT2D eigenvalue weighted by atomic mass is 32.2. The number of thioether (sulfide) groups is 1. The normalized spacial score (nSPS) is 13.8. The Balaban J connectivity index is 1.48. The van der Waals surface area contributed by atoms with Crippen molar-refractivity contribution in [2.24, 2.45) is 0 Å². The molecule has 1 fully saturated rings. The van der Waals surface area contributed by atoms with Crippen molar-refractivity contribution in [3.63, 3.8) is 0 Å². The molecular formula is C14H16N4O3S2. The summed E-state index contributed by atoms with van der Waals surface area (Å²) in [5, 5.41) is 11.5. The Hall–Kier alpha value is -1.87. The average molecular weight is 352 g/mol. The number of carbonyl (C=O) groups excluding carboxylic acids is 2. The van der Waals surface area contributed by atoms with Crippen LogP contribution in [0.5, 0.6) is 0 Å². The molecule has 1 aliphatic carbocycles. The molecule has 0 aromatic carbocycles. The fourth-order valence-electron chi connectivity index (χ4n) is 2.02. The third kappa shape index (κ3) is 4.32. The van der Waals surface area contributed by atoms with Crippen LogP contribution >= 0.6 is 23.1 Å². The minimum Gasteiger partial charge on any atom is -0.467 e. The number of nitrogens with one attached hydrogen (secondary N) is 1. The van der Waals surface area contributed by atoms with Gasteiger partial charge in [0.15, 0.2) is 4.34 Å². The van der Waals surface area contributed by atoms with Crippen molar-refractivity contribution in [3.8, 4) is 0 Å². The number of aromatic nitrogens is 2. The van der Waals surface area contributed by atoms with Gasteiger partial charge in [-0.15, -0.1) is 10.2 Å². The molecule has 1 saturated carbocycles. The maximum atomic E-state index is 11.8. The predicted octanol–water partition coefficient (Wildman–Crippen LogP) is 2.05. The summed E-state index contributed by atoms with van der Waals surface area (Å²) < 4.78 is 5.83. The zero-order valence-corrected chi connectivity index (χ0v) is 14.2. The second-order valence-electron chi connectivity index (χ2n) is 5.12. The number of nitrogens with zero attached hydrogens (tertiary/aromatic N) is 3. The number of amides is 2. The van der Waals surface area contributed by atoms with Gasteiger partial charge in [-0.25, -0.2) is 0 Å². The van der Waals surface area contributed by atoms with Gasteiger partial charge in [0.25, 0.3) is 0 Å². The average Bonchev–Trinajstić information content (AvgIpc) is 3.02. The lowest BCUT2D eigenvalue weighted by Crippen LogP contribution is -2.30. The van der Waals surface area contributed by atoms with E-state index in [0.717, 1.165) is 12.8 Å². The summed E-state index contributed by atoms with van der Waals surface area (Å²) in [6, 6.07) is 3.84. The van der Waals surface area contributed by atoms with Crippen LogP contribution in [0.4, 0.5) is 5.13 Å². The van der Waals surface area contributed by atoms with Crippen LogP contribution in [0.1, 0.15) is 25.5 Å². The molecule has 3 rings (SSSR count). The number of hydrogen-bond donors (Lipinski definition) is 1. The predicted molar refractivity (Wildman–Crippen MR) is 87.4 cm³/mol. The van der Waals surface area contributed by atoms with E-state index in [0.29, 0.717) is 21.8 Å². The highest BCUT2D eigenvalue weighted by Gasteiger charge is 2.34. The van der Waals surface area contributed by atoms with Crippen molar-refractivity contribution in [3.05, 3.63) is 24.2 Å². The largest absolute Gasteiger partial charge is 0.467 e. The molecule has 0 bridgehead atoms. The molecule has 0 aliphatic heterocycles. The van der Waals surface area contributed by atoms with Crippen molar-refractivity contribution in [2.45, 2.75) is 36.7 Å². The maximum absolute atomic E-state index is 11.8. The van der Waals surface area contributed by atoms with E-state index in [1.54, 1.807) is 23.3 Å². The molecule has 0 unspecified atom stereocenters. The fraction of sp³-hybridized carbons (Fsp3) is 0.429. The first-order valence-corrected chi connectivity index (χ1v) is 8.99. The summed E-state index contributed by atoms with van der Waals surface area (Å²) in [6.07, 6.45) is 3.59. The Kier molecular flexibility index (Phi) is 4.97. The monoisotopic (exact) mass is 352 g/mol. The van der Waals surface area contributed by atoms with E-state index < -0.39 is 0 Å². The second kappa shape index (κ2) is 7.14. The SMILES string of the molecule is CC(=O)N(c1nnc(SCC(=O)NCc2ccco2)s1)C1CC1. The minimum atomic E-state index is -0.103. The highest BCUT2D eigenvalue weighted by molar-refractivity contribution is 8.01. The number of anilines is 1. The van der Waals surface area contributed by atoms with E-state index in [1.807, 2.05) is 0 Å². The number of rotatable bonds is 7. The lowest BCUT2D eigenvalue weighted by Gasteiger charge is -2.15. The van der Waals surface area contributed by atoms with Gasteiger partial charge in [0, 0.05) is 13.0 Å². The van der Waals surface area contributed by atoms with Gasteiger partial charge in [-0.2, -0.15) is 0 Å². The molecule has 23 heavy (non-hydrogen) atoms. The molecule has 2 heterocycles.